The van der Waals surface area contributed by atoms with Crippen molar-refractivity contribution in [3.05, 3.63) is 45.3 Å². The SMILES string of the molecule is COCC(=O)OCc1cc(=O)oc2cc(C)c(C(C)C)cc12. The highest BCUT2D eigenvalue weighted by Gasteiger charge is 2.12. The molecule has 0 saturated carbocycles. The van der Waals surface area contributed by atoms with Crippen LogP contribution in [0.2, 0.25) is 0 Å². The summed E-state index contributed by atoms with van der Waals surface area (Å²) in [6.07, 6.45) is 0. The summed E-state index contributed by atoms with van der Waals surface area (Å²) >= 11 is 0. The molecule has 0 aliphatic rings. The first-order valence-electron chi connectivity index (χ1n) is 7.14. The van der Waals surface area contributed by atoms with E-state index in [1.54, 1.807) is 0 Å². The van der Waals surface area contributed by atoms with E-state index < -0.39 is 11.6 Å². The van der Waals surface area contributed by atoms with Gasteiger partial charge in [0.1, 0.15) is 18.8 Å². The van der Waals surface area contributed by atoms with Gasteiger partial charge in [0.25, 0.3) is 0 Å². The van der Waals surface area contributed by atoms with E-state index in [1.807, 2.05) is 19.1 Å². The number of esters is 1. The molecule has 0 bridgehead atoms. The van der Waals surface area contributed by atoms with Crippen LogP contribution in [-0.2, 0) is 20.9 Å². The third kappa shape index (κ3) is 3.54. The topological polar surface area (TPSA) is 65.7 Å². The number of carbonyl (C=O) groups is 1. The summed E-state index contributed by atoms with van der Waals surface area (Å²) in [4.78, 5) is 23.1. The Morgan fingerprint density at radius 2 is 2.00 bits per heavy atom. The number of aryl methyl sites for hydroxylation is 1. The fourth-order valence-corrected chi connectivity index (χ4v) is 2.45. The highest BCUT2D eigenvalue weighted by atomic mass is 16.6. The second-order valence-electron chi connectivity index (χ2n) is 5.54. The number of ether oxygens (including phenoxy) is 2. The quantitative estimate of drug-likeness (QED) is 0.627. The van der Waals surface area contributed by atoms with Crippen molar-refractivity contribution in [2.75, 3.05) is 13.7 Å². The van der Waals surface area contributed by atoms with Crippen molar-refractivity contribution in [3.63, 3.8) is 0 Å². The molecule has 0 atom stereocenters. The predicted molar refractivity (Wildman–Crippen MR) is 83.0 cm³/mol. The third-order valence-electron chi connectivity index (χ3n) is 3.49. The number of methoxy groups -OCH3 is 1. The fraction of sp³-hybridized carbons (Fsp3) is 0.412. The van der Waals surface area contributed by atoms with Gasteiger partial charge in [0.2, 0.25) is 0 Å². The van der Waals surface area contributed by atoms with Crippen LogP contribution < -0.4 is 5.63 Å². The van der Waals surface area contributed by atoms with Crippen molar-refractivity contribution in [2.24, 2.45) is 0 Å². The van der Waals surface area contributed by atoms with Crippen LogP contribution in [0.1, 0.15) is 36.5 Å². The van der Waals surface area contributed by atoms with Crippen molar-refractivity contribution in [1.29, 1.82) is 0 Å². The molecule has 22 heavy (non-hydrogen) atoms. The summed E-state index contributed by atoms with van der Waals surface area (Å²) in [7, 11) is 1.42. The van der Waals surface area contributed by atoms with Crippen LogP contribution in [-0.4, -0.2) is 19.7 Å². The van der Waals surface area contributed by atoms with Crippen LogP contribution in [0.15, 0.2) is 27.4 Å². The second kappa shape index (κ2) is 6.75. The second-order valence-corrected chi connectivity index (χ2v) is 5.54. The number of hydrogen-bond acceptors (Lipinski definition) is 5. The van der Waals surface area contributed by atoms with Gasteiger partial charge in [0.05, 0.1) is 0 Å². The molecule has 5 heteroatoms. The normalized spacial score (nSPS) is 11.1. The molecule has 0 saturated heterocycles. The standard InChI is InChI=1S/C17H20O5/c1-10(2)13-7-14-12(8-21-17(19)9-20-4)6-16(18)22-15(14)5-11(13)3/h5-7,10H,8-9H2,1-4H3. The number of hydrogen-bond donors (Lipinski definition) is 0. The third-order valence-corrected chi connectivity index (χ3v) is 3.49. The maximum absolute atomic E-state index is 11.7. The molecule has 2 aromatic rings. The maximum Gasteiger partial charge on any atom is 0.336 e. The first-order chi connectivity index (χ1) is 10.4. The predicted octanol–water partition coefficient (Wildman–Crippen LogP) is 2.91. The van der Waals surface area contributed by atoms with Crippen molar-refractivity contribution in [1.82, 2.24) is 0 Å². The molecule has 0 unspecified atom stereocenters. The van der Waals surface area contributed by atoms with Gasteiger partial charge in [0.15, 0.2) is 0 Å². The maximum atomic E-state index is 11.7. The number of rotatable bonds is 5. The molecule has 0 aliphatic carbocycles. The average molecular weight is 304 g/mol. The monoisotopic (exact) mass is 304 g/mol. The highest BCUT2D eigenvalue weighted by Crippen LogP contribution is 2.27. The summed E-state index contributed by atoms with van der Waals surface area (Å²) < 4.78 is 15.1. The first-order valence-corrected chi connectivity index (χ1v) is 7.14. The van der Waals surface area contributed by atoms with Gasteiger partial charge in [-0.2, -0.15) is 0 Å². The summed E-state index contributed by atoms with van der Waals surface area (Å²) in [6.45, 7) is 6.10. The molecule has 0 spiro atoms. The van der Waals surface area contributed by atoms with Crippen LogP contribution in [0.25, 0.3) is 11.0 Å². The zero-order chi connectivity index (χ0) is 16.3. The average Bonchev–Trinajstić information content (AvgIpc) is 2.43. The summed E-state index contributed by atoms with van der Waals surface area (Å²) in [5, 5.41) is 0.791. The van der Waals surface area contributed by atoms with Gasteiger partial charge >= 0.3 is 11.6 Å². The largest absolute Gasteiger partial charge is 0.459 e. The van der Waals surface area contributed by atoms with E-state index in [-0.39, 0.29) is 13.2 Å². The van der Waals surface area contributed by atoms with Gasteiger partial charge in [-0.1, -0.05) is 13.8 Å². The highest BCUT2D eigenvalue weighted by molar-refractivity contribution is 5.82. The Morgan fingerprint density at radius 1 is 1.27 bits per heavy atom. The number of carbonyl (C=O) groups excluding carboxylic acids is 1. The van der Waals surface area contributed by atoms with Crippen molar-refractivity contribution in [2.45, 2.75) is 33.3 Å². The van der Waals surface area contributed by atoms with E-state index >= 15 is 0 Å². The van der Waals surface area contributed by atoms with Gasteiger partial charge in [-0.05, 0) is 36.1 Å². The molecule has 2 rings (SSSR count). The molecule has 118 valence electrons. The Balaban J connectivity index is 2.45. The molecule has 0 radical (unpaired) electrons. The zero-order valence-corrected chi connectivity index (χ0v) is 13.3. The molecule has 0 aliphatic heterocycles. The zero-order valence-electron chi connectivity index (χ0n) is 13.3. The molecule has 0 amide bonds. The van der Waals surface area contributed by atoms with E-state index in [0.717, 1.165) is 10.9 Å². The van der Waals surface area contributed by atoms with Gasteiger partial charge in [0, 0.05) is 24.1 Å². The van der Waals surface area contributed by atoms with E-state index in [1.165, 1.54) is 18.7 Å². The molecule has 0 N–H and O–H groups in total. The van der Waals surface area contributed by atoms with Crippen molar-refractivity contribution >= 4 is 16.9 Å². The Bertz CT molecular complexity index is 743. The Kier molecular flexibility index (Phi) is 4.98. The van der Waals surface area contributed by atoms with Crippen LogP contribution in [0.5, 0.6) is 0 Å². The first kappa shape index (κ1) is 16.2. The molecule has 1 heterocycles. The number of benzene rings is 1. The molecule has 1 aromatic carbocycles. The van der Waals surface area contributed by atoms with Crippen LogP contribution in [0.4, 0.5) is 0 Å². The fourth-order valence-electron chi connectivity index (χ4n) is 2.45. The van der Waals surface area contributed by atoms with Gasteiger partial charge in [-0.25, -0.2) is 9.59 Å². The summed E-state index contributed by atoms with van der Waals surface area (Å²) in [6, 6.07) is 5.21. The molecule has 0 fully saturated rings. The molecular formula is C17H20O5. The Hall–Kier alpha value is -2.14. The van der Waals surface area contributed by atoms with Gasteiger partial charge in [-0.3, -0.25) is 0 Å². The number of fused-ring (bicyclic) bond motifs is 1. The van der Waals surface area contributed by atoms with Crippen molar-refractivity contribution < 1.29 is 18.7 Å². The molecular weight excluding hydrogens is 284 g/mol. The Morgan fingerprint density at radius 3 is 2.64 bits per heavy atom. The lowest BCUT2D eigenvalue weighted by molar-refractivity contribution is -0.149. The smallest absolute Gasteiger partial charge is 0.336 e. The minimum atomic E-state index is -0.472. The lowest BCUT2D eigenvalue weighted by Crippen LogP contribution is -2.12. The molecule has 5 nitrogen and oxygen atoms in total. The van der Waals surface area contributed by atoms with Crippen LogP contribution in [0, 0.1) is 6.92 Å². The summed E-state index contributed by atoms with van der Waals surface area (Å²) in [5.74, 6) is -0.125. The molecule has 1 aromatic heterocycles. The summed E-state index contributed by atoms with van der Waals surface area (Å²) in [5.41, 5.74) is 2.93. The Labute approximate surface area is 128 Å². The van der Waals surface area contributed by atoms with Crippen LogP contribution >= 0.6 is 0 Å². The lowest BCUT2D eigenvalue weighted by atomic mass is 9.95. The van der Waals surface area contributed by atoms with E-state index in [0.29, 0.717) is 17.1 Å². The van der Waals surface area contributed by atoms with E-state index in [9.17, 15) is 9.59 Å². The van der Waals surface area contributed by atoms with Crippen LogP contribution in [0.3, 0.4) is 0 Å². The van der Waals surface area contributed by atoms with Gasteiger partial charge < -0.3 is 13.9 Å². The van der Waals surface area contributed by atoms with Crippen molar-refractivity contribution in [3.8, 4) is 0 Å². The lowest BCUT2D eigenvalue weighted by Gasteiger charge is -2.13. The van der Waals surface area contributed by atoms with E-state index in [2.05, 4.69) is 13.8 Å². The van der Waals surface area contributed by atoms with E-state index in [4.69, 9.17) is 13.9 Å². The van der Waals surface area contributed by atoms with Gasteiger partial charge in [-0.15, -0.1) is 0 Å². The minimum absolute atomic E-state index is 0.0187. The minimum Gasteiger partial charge on any atom is -0.459 e.